The van der Waals surface area contributed by atoms with Gasteiger partial charge in [0, 0.05) is 0 Å². The van der Waals surface area contributed by atoms with Gasteiger partial charge >= 0.3 is 137 Å². The number of hydrogen-bond donors (Lipinski definition) is 0. The van der Waals surface area contributed by atoms with Crippen LogP contribution >= 0.6 is 0 Å². The molecule has 0 saturated carbocycles. The Bertz CT molecular complexity index is 594. The summed E-state index contributed by atoms with van der Waals surface area (Å²) >= 11 is 0.0398. The predicted molar refractivity (Wildman–Crippen MR) is 88.7 cm³/mol. The first kappa shape index (κ1) is 15.2. The fourth-order valence-corrected chi connectivity index (χ4v) is 5.98. The van der Waals surface area contributed by atoms with E-state index in [0.717, 1.165) is 30.4 Å². The van der Waals surface area contributed by atoms with Crippen LogP contribution in [0.5, 0.6) is 0 Å². The average molecular weight is 357 g/mol. The van der Waals surface area contributed by atoms with Gasteiger partial charge in [0.15, 0.2) is 0 Å². The molecular weight excluding hydrogens is 339 g/mol. The maximum atomic E-state index is 12.6. The van der Waals surface area contributed by atoms with E-state index < -0.39 is 0 Å². The molecule has 1 fully saturated rings. The van der Waals surface area contributed by atoms with Crippen molar-refractivity contribution in [2.45, 2.75) is 28.9 Å². The first-order valence-electron chi connectivity index (χ1n) is 7.59. The molecule has 0 N–H and O–H groups in total. The Kier molecular flexibility index (Phi) is 4.87. The Hall–Kier alpha value is -1.70. The number of carbonyl (C=O) groups is 2. The first-order valence-corrected chi connectivity index (χ1v) is 9.57. The van der Waals surface area contributed by atoms with E-state index in [1.807, 2.05) is 60.7 Å². The van der Waals surface area contributed by atoms with Gasteiger partial charge in [0.05, 0.1) is 0 Å². The van der Waals surface area contributed by atoms with Gasteiger partial charge in [-0.1, -0.05) is 0 Å². The second kappa shape index (κ2) is 7.04. The van der Waals surface area contributed by atoms with Crippen LogP contribution in [0.2, 0.25) is 9.63 Å². The monoisotopic (exact) mass is 358 g/mol. The average Bonchev–Trinajstić information content (AvgIpc) is 2.62. The van der Waals surface area contributed by atoms with E-state index in [2.05, 4.69) is 0 Å². The van der Waals surface area contributed by atoms with Crippen LogP contribution in [0, 0.1) is 0 Å². The summed E-state index contributed by atoms with van der Waals surface area (Å²) in [6.07, 6.45) is 2.81. The molecule has 2 unspecified atom stereocenters. The van der Waals surface area contributed by atoms with E-state index in [1.165, 1.54) is 0 Å². The summed E-state index contributed by atoms with van der Waals surface area (Å²) in [6.45, 7) is 0. The van der Waals surface area contributed by atoms with Crippen LogP contribution in [-0.4, -0.2) is 26.5 Å². The van der Waals surface area contributed by atoms with Gasteiger partial charge in [-0.2, -0.15) is 0 Å². The standard InChI is InChI=1S/C19H18O2Se/c20-18(14-8-3-1-4-9-14)16-12-7-13-17(22-16)19(21)15-10-5-2-6-11-15/h1-6,8-11,16-17H,7,12-13H2. The summed E-state index contributed by atoms with van der Waals surface area (Å²) in [4.78, 5) is 25.3. The third kappa shape index (κ3) is 3.37. The molecule has 112 valence electrons. The van der Waals surface area contributed by atoms with E-state index in [9.17, 15) is 9.59 Å². The molecule has 0 aliphatic carbocycles. The SMILES string of the molecule is O=C(c1ccccc1)C1CCCC(C(=O)c2ccccc2)[Se]1. The summed E-state index contributed by atoms with van der Waals surface area (Å²) in [5.74, 6) is 0.428. The number of carbonyl (C=O) groups excluding carboxylic acids is 2. The van der Waals surface area contributed by atoms with Gasteiger partial charge in [0.1, 0.15) is 0 Å². The maximum absolute atomic E-state index is 12.6. The molecule has 2 aromatic carbocycles. The molecule has 1 heterocycles. The van der Waals surface area contributed by atoms with Crippen molar-refractivity contribution in [1.82, 2.24) is 0 Å². The summed E-state index contributed by atoms with van der Waals surface area (Å²) in [5.41, 5.74) is 1.56. The van der Waals surface area contributed by atoms with Crippen molar-refractivity contribution in [2.75, 3.05) is 0 Å². The van der Waals surface area contributed by atoms with Gasteiger partial charge < -0.3 is 0 Å². The molecule has 0 amide bonds. The van der Waals surface area contributed by atoms with Crippen molar-refractivity contribution in [3.8, 4) is 0 Å². The Balaban J connectivity index is 1.72. The normalized spacial score (nSPS) is 21.3. The van der Waals surface area contributed by atoms with Gasteiger partial charge in [0.2, 0.25) is 0 Å². The minimum absolute atomic E-state index is 0.0398. The summed E-state index contributed by atoms with van der Waals surface area (Å²) in [6, 6.07) is 18.9. The third-order valence-corrected chi connectivity index (χ3v) is 7.23. The van der Waals surface area contributed by atoms with Gasteiger partial charge in [0.25, 0.3) is 0 Å². The molecule has 3 heteroatoms. The van der Waals surface area contributed by atoms with Gasteiger partial charge in [-0.15, -0.1) is 0 Å². The van der Waals surface area contributed by atoms with Gasteiger partial charge in [-0.25, -0.2) is 0 Å². The summed E-state index contributed by atoms with van der Waals surface area (Å²) < 4.78 is 0. The quantitative estimate of drug-likeness (QED) is 0.607. The molecule has 2 atom stereocenters. The van der Waals surface area contributed by atoms with Crippen molar-refractivity contribution in [3.05, 3.63) is 71.8 Å². The molecule has 0 radical (unpaired) electrons. The van der Waals surface area contributed by atoms with Crippen LogP contribution in [0.15, 0.2) is 60.7 Å². The Morgan fingerprint density at radius 1 is 0.727 bits per heavy atom. The number of ketones is 2. The number of hydrogen-bond acceptors (Lipinski definition) is 2. The first-order chi connectivity index (χ1) is 10.8. The van der Waals surface area contributed by atoms with E-state index in [-0.39, 0.29) is 36.2 Å². The third-order valence-electron chi connectivity index (χ3n) is 3.96. The van der Waals surface area contributed by atoms with E-state index >= 15 is 0 Å². The zero-order chi connectivity index (χ0) is 15.4. The molecule has 0 bridgehead atoms. The minimum atomic E-state index is 0.0398. The van der Waals surface area contributed by atoms with Crippen molar-refractivity contribution < 1.29 is 9.59 Å². The van der Waals surface area contributed by atoms with Crippen LogP contribution in [0.4, 0.5) is 0 Å². The topological polar surface area (TPSA) is 34.1 Å². The molecule has 2 aromatic rings. The fraction of sp³-hybridized carbons (Fsp3) is 0.263. The fourth-order valence-electron chi connectivity index (χ4n) is 2.79. The van der Waals surface area contributed by atoms with Crippen LogP contribution in [-0.2, 0) is 0 Å². The molecular formula is C19H18O2Se. The molecule has 22 heavy (non-hydrogen) atoms. The zero-order valence-corrected chi connectivity index (χ0v) is 14.0. The summed E-state index contributed by atoms with van der Waals surface area (Å²) in [5, 5.41) is 0. The molecule has 3 rings (SSSR count). The Morgan fingerprint density at radius 2 is 1.14 bits per heavy atom. The van der Waals surface area contributed by atoms with Crippen molar-refractivity contribution in [1.29, 1.82) is 0 Å². The number of benzene rings is 2. The van der Waals surface area contributed by atoms with E-state index in [0.29, 0.717) is 0 Å². The molecule has 2 nitrogen and oxygen atoms in total. The van der Waals surface area contributed by atoms with Crippen LogP contribution in [0.25, 0.3) is 0 Å². The van der Waals surface area contributed by atoms with Crippen LogP contribution in [0.3, 0.4) is 0 Å². The molecule has 1 saturated heterocycles. The number of rotatable bonds is 4. The Labute approximate surface area is 137 Å². The Morgan fingerprint density at radius 3 is 1.55 bits per heavy atom. The van der Waals surface area contributed by atoms with Crippen LogP contribution in [0.1, 0.15) is 40.0 Å². The summed E-state index contributed by atoms with van der Waals surface area (Å²) in [7, 11) is 0. The second-order valence-electron chi connectivity index (χ2n) is 5.50. The molecule has 0 aromatic heterocycles. The predicted octanol–water partition coefficient (Wildman–Crippen LogP) is 4.22. The molecule has 1 aliphatic heterocycles. The second-order valence-corrected chi connectivity index (χ2v) is 8.46. The van der Waals surface area contributed by atoms with Gasteiger partial charge in [-0.3, -0.25) is 0 Å². The van der Waals surface area contributed by atoms with Crippen LogP contribution < -0.4 is 0 Å². The van der Waals surface area contributed by atoms with Crippen molar-refractivity contribution >= 4 is 26.5 Å². The van der Waals surface area contributed by atoms with Gasteiger partial charge in [-0.05, 0) is 0 Å². The van der Waals surface area contributed by atoms with E-state index in [4.69, 9.17) is 0 Å². The van der Waals surface area contributed by atoms with Crippen molar-refractivity contribution in [2.24, 2.45) is 0 Å². The molecule has 1 aliphatic rings. The number of Topliss-reactive ketones (excluding diaryl/α,β-unsaturated/α-hetero) is 2. The molecule has 0 spiro atoms. The van der Waals surface area contributed by atoms with Crippen molar-refractivity contribution in [3.63, 3.8) is 0 Å². The van der Waals surface area contributed by atoms with E-state index in [1.54, 1.807) is 0 Å². The zero-order valence-electron chi connectivity index (χ0n) is 12.3.